The minimum atomic E-state index is -0.380. The zero-order valence-corrected chi connectivity index (χ0v) is 9.13. The van der Waals surface area contributed by atoms with Crippen LogP contribution in [-0.2, 0) is 4.74 Å². The average Bonchev–Trinajstić information content (AvgIpc) is 2.13. The maximum absolute atomic E-state index is 11.3. The van der Waals surface area contributed by atoms with Crippen molar-refractivity contribution in [1.29, 1.82) is 0 Å². The van der Waals surface area contributed by atoms with Crippen molar-refractivity contribution in [3.63, 3.8) is 0 Å². The Morgan fingerprint density at radius 1 is 1.57 bits per heavy atom. The van der Waals surface area contributed by atoms with E-state index in [4.69, 9.17) is 4.74 Å². The third kappa shape index (κ3) is 2.14. The van der Waals surface area contributed by atoms with E-state index in [0.717, 1.165) is 0 Å². The standard InChI is InChI=1S/C10H11O3Si/c1-3-13-10(12)7-4-6(2)9(11)8(14)5-7/h4-5,11H,3H2,1-2H3. The number of ether oxygens (including phenoxy) is 1. The molecule has 0 aliphatic carbocycles. The van der Waals surface area contributed by atoms with Crippen LogP contribution in [0.2, 0.25) is 0 Å². The van der Waals surface area contributed by atoms with Gasteiger partial charge in [0.25, 0.3) is 0 Å². The van der Waals surface area contributed by atoms with Gasteiger partial charge in [-0.15, -0.1) is 0 Å². The Morgan fingerprint density at radius 3 is 2.71 bits per heavy atom. The third-order valence-corrected chi connectivity index (χ3v) is 2.19. The molecule has 0 aliphatic rings. The number of carbonyl (C=O) groups is 1. The van der Waals surface area contributed by atoms with Gasteiger partial charge in [0.05, 0.1) is 22.4 Å². The molecule has 14 heavy (non-hydrogen) atoms. The van der Waals surface area contributed by atoms with Crippen LogP contribution in [0.15, 0.2) is 12.1 Å². The van der Waals surface area contributed by atoms with Gasteiger partial charge in [-0.25, -0.2) is 4.79 Å². The number of phenolic OH excluding ortho intramolecular Hbond substituents is 1. The highest BCUT2D eigenvalue weighted by molar-refractivity contribution is 6.34. The maximum Gasteiger partial charge on any atom is 0.338 e. The van der Waals surface area contributed by atoms with Crippen molar-refractivity contribution in [1.82, 2.24) is 0 Å². The van der Waals surface area contributed by atoms with Gasteiger partial charge in [0.15, 0.2) is 0 Å². The smallest absolute Gasteiger partial charge is 0.338 e. The molecule has 1 rings (SSSR count). The Labute approximate surface area is 86.1 Å². The van der Waals surface area contributed by atoms with Crippen LogP contribution in [0.4, 0.5) is 0 Å². The van der Waals surface area contributed by atoms with Crippen molar-refractivity contribution in [2.24, 2.45) is 0 Å². The van der Waals surface area contributed by atoms with Crippen molar-refractivity contribution in [3.05, 3.63) is 23.3 Å². The van der Waals surface area contributed by atoms with Crippen molar-refractivity contribution in [2.75, 3.05) is 6.61 Å². The molecular formula is C10H11O3Si. The number of esters is 1. The molecule has 4 heteroatoms. The summed E-state index contributed by atoms with van der Waals surface area (Å²) in [4.78, 5) is 11.3. The van der Waals surface area contributed by atoms with Gasteiger partial charge in [0.1, 0.15) is 5.75 Å². The van der Waals surface area contributed by atoms with E-state index in [1.54, 1.807) is 19.9 Å². The molecule has 0 saturated carbocycles. The predicted octanol–water partition coefficient (Wildman–Crippen LogP) is 0.671. The summed E-state index contributed by atoms with van der Waals surface area (Å²) < 4.78 is 4.84. The first-order valence-corrected chi connectivity index (χ1v) is 4.78. The molecule has 0 heterocycles. The number of benzene rings is 1. The van der Waals surface area contributed by atoms with E-state index >= 15 is 0 Å². The number of aromatic hydroxyl groups is 1. The van der Waals surface area contributed by atoms with Crippen LogP contribution in [0, 0.1) is 6.92 Å². The van der Waals surface area contributed by atoms with Gasteiger partial charge in [-0.05, 0) is 36.7 Å². The molecule has 0 atom stereocenters. The zero-order valence-electron chi connectivity index (χ0n) is 8.13. The Bertz CT molecular complexity index is 337. The van der Waals surface area contributed by atoms with Crippen LogP contribution < -0.4 is 5.19 Å². The number of rotatable bonds is 2. The molecule has 1 N–H and O–H groups in total. The first-order valence-electron chi connectivity index (χ1n) is 4.28. The SMILES string of the molecule is CCOC(=O)c1cc(C)c(O)c([Si])c1. The fourth-order valence-electron chi connectivity index (χ4n) is 1.11. The van der Waals surface area contributed by atoms with Gasteiger partial charge in [-0.1, -0.05) is 0 Å². The zero-order chi connectivity index (χ0) is 10.7. The van der Waals surface area contributed by atoms with Gasteiger partial charge < -0.3 is 9.84 Å². The first-order chi connectivity index (χ1) is 6.56. The lowest BCUT2D eigenvalue weighted by Crippen LogP contribution is -2.11. The Kier molecular flexibility index (Phi) is 3.30. The molecule has 0 saturated heterocycles. The second-order valence-electron chi connectivity index (χ2n) is 2.91. The summed E-state index contributed by atoms with van der Waals surface area (Å²) in [7, 11) is 3.21. The molecule has 0 fully saturated rings. The lowest BCUT2D eigenvalue weighted by atomic mass is 10.1. The van der Waals surface area contributed by atoms with E-state index in [1.807, 2.05) is 0 Å². The van der Waals surface area contributed by atoms with Gasteiger partial charge in [0, 0.05) is 0 Å². The van der Waals surface area contributed by atoms with Crippen LogP contribution in [0.5, 0.6) is 5.75 Å². The largest absolute Gasteiger partial charge is 0.508 e. The Balaban J connectivity index is 3.06. The summed E-state index contributed by atoms with van der Waals surface area (Å²) in [5.74, 6) is -0.232. The molecule has 0 aromatic heterocycles. The molecule has 73 valence electrons. The average molecular weight is 207 g/mol. The van der Waals surface area contributed by atoms with E-state index in [9.17, 15) is 9.90 Å². The van der Waals surface area contributed by atoms with Crippen LogP contribution in [0.3, 0.4) is 0 Å². The molecule has 0 aliphatic heterocycles. The molecule has 3 radical (unpaired) electrons. The summed E-state index contributed by atoms with van der Waals surface area (Å²) in [6.45, 7) is 3.82. The van der Waals surface area contributed by atoms with E-state index in [-0.39, 0.29) is 11.7 Å². The van der Waals surface area contributed by atoms with Crippen LogP contribution in [-0.4, -0.2) is 27.9 Å². The molecular weight excluding hydrogens is 196 g/mol. The summed E-state index contributed by atoms with van der Waals surface area (Å²) in [5.41, 5.74) is 1.08. The van der Waals surface area contributed by atoms with E-state index in [0.29, 0.717) is 22.9 Å². The summed E-state index contributed by atoms with van der Waals surface area (Å²) >= 11 is 0. The lowest BCUT2D eigenvalue weighted by Gasteiger charge is -2.06. The molecule has 1 aromatic carbocycles. The third-order valence-electron chi connectivity index (χ3n) is 1.81. The fourth-order valence-corrected chi connectivity index (χ4v) is 1.46. The number of aryl methyl sites for hydroxylation is 1. The van der Waals surface area contributed by atoms with Gasteiger partial charge in [0.2, 0.25) is 0 Å². The Hall–Kier alpha value is -1.29. The van der Waals surface area contributed by atoms with E-state index < -0.39 is 0 Å². The quantitative estimate of drug-likeness (QED) is 0.573. The molecule has 0 unspecified atom stereocenters. The first kappa shape index (κ1) is 10.8. The van der Waals surface area contributed by atoms with Crippen LogP contribution in [0.1, 0.15) is 22.8 Å². The minimum absolute atomic E-state index is 0.148. The molecule has 0 amide bonds. The van der Waals surface area contributed by atoms with Crippen molar-refractivity contribution < 1.29 is 14.6 Å². The number of hydrogen-bond acceptors (Lipinski definition) is 3. The van der Waals surface area contributed by atoms with Gasteiger partial charge in [-0.2, -0.15) is 0 Å². The lowest BCUT2D eigenvalue weighted by molar-refractivity contribution is 0.0526. The number of carbonyl (C=O) groups excluding carboxylic acids is 1. The second-order valence-corrected chi connectivity index (χ2v) is 3.45. The van der Waals surface area contributed by atoms with Crippen molar-refractivity contribution in [3.8, 4) is 5.75 Å². The van der Waals surface area contributed by atoms with Crippen molar-refractivity contribution >= 4 is 21.4 Å². The van der Waals surface area contributed by atoms with Gasteiger partial charge >= 0.3 is 5.97 Å². The van der Waals surface area contributed by atoms with E-state index in [2.05, 4.69) is 10.2 Å². The molecule has 3 nitrogen and oxygen atoms in total. The highest BCUT2D eigenvalue weighted by Crippen LogP contribution is 2.14. The van der Waals surface area contributed by atoms with Crippen LogP contribution in [0.25, 0.3) is 0 Å². The Morgan fingerprint density at radius 2 is 2.21 bits per heavy atom. The highest BCUT2D eigenvalue weighted by atomic mass is 28.1. The predicted molar refractivity (Wildman–Crippen MR) is 54.2 cm³/mol. The van der Waals surface area contributed by atoms with Crippen molar-refractivity contribution in [2.45, 2.75) is 13.8 Å². The molecule has 0 spiro atoms. The highest BCUT2D eigenvalue weighted by Gasteiger charge is 2.10. The summed E-state index contributed by atoms with van der Waals surface area (Å²) in [6, 6.07) is 3.13. The summed E-state index contributed by atoms with van der Waals surface area (Å²) in [5, 5.41) is 9.94. The number of hydrogen-bond donors (Lipinski definition) is 1. The normalized spacial score (nSPS) is 9.93. The van der Waals surface area contributed by atoms with E-state index in [1.165, 1.54) is 6.07 Å². The fraction of sp³-hybridized carbons (Fsp3) is 0.300. The minimum Gasteiger partial charge on any atom is -0.508 e. The maximum atomic E-state index is 11.3. The topological polar surface area (TPSA) is 46.5 Å². The monoisotopic (exact) mass is 207 g/mol. The van der Waals surface area contributed by atoms with Crippen LogP contribution >= 0.6 is 0 Å². The second kappa shape index (κ2) is 4.28. The van der Waals surface area contributed by atoms with Gasteiger partial charge in [-0.3, -0.25) is 0 Å². The molecule has 1 aromatic rings. The summed E-state index contributed by atoms with van der Waals surface area (Å²) in [6.07, 6.45) is 0. The number of phenols is 1. The molecule has 0 bridgehead atoms.